The number of anilines is 1. The van der Waals surface area contributed by atoms with Gasteiger partial charge in [0.25, 0.3) is 5.56 Å². The topological polar surface area (TPSA) is 46.9 Å². The second kappa shape index (κ2) is 5.64. The molecular weight excluding hydrogens is 282 g/mol. The number of hydrogen-bond acceptors (Lipinski definition) is 4. The number of aryl methyl sites for hydroxylation is 1. The van der Waals surface area contributed by atoms with Crippen LogP contribution < -0.4 is 10.9 Å². The molecule has 5 heteroatoms. The van der Waals surface area contributed by atoms with Crippen LogP contribution in [0.25, 0.3) is 11.3 Å². The summed E-state index contributed by atoms with van der Waals surface area (Å²) in [5.74, 6) is 0.574. The van der Waals surface area contributed by atoms with Crippen molar-refractivity contribution in [1.29, 1.82) is 0 Å². The standard InChI is InChI=1S/C16H21N3OS/c1-10(2)8-17-16-18-13(9-21-16)12-7-11-5-4-6-14(11)19(3)15(12)20/h7,9-10H,4-6,8H2,1-3H3,(H,17,18). The van der Waals surface area contributed by atoms with Gasteiger partial charge in [-0.25, -0.2) is 4.98 Å². The van der Waals surface area contributed by atoms with Crippen LogP contribution in [0.5, 0.6) is 0 Å². The minimum absolute atomic E-state index is 0.0661. The first-order chi connectivity index (χ1) is 10.1. The van der Waals surface area contributed by atoms with E-state index in [0.717, 1.165) is 42.2 Å². The van der Waals surface area contributed by atoms with Gasteiger partial charge in [0.15, 0.2) is 5.13 Å². The molecule has 0 saturated carbocycles. The van der Waals surface area contributed by atoms with E-state index in [2.05, 4.69) is 24.1 Å². The van der Waals surface area contributed by atoms with Gasteiger partial charge < -0.3 is 9.88 Å². The third kappa shape index (κ3) is 2.75. The fourth-order valence-electron chi connectivity index (χ4n) is 2.78. The lowest BCUT2D eigenvalue weighted by Crippen LogP contribution is -2.22. The van der Waals surface area contributed by atoms with Crippen molar-refractivity contribution in [1.82, 2.24) is 9.55 Å². The van der Waals surface area contributed by atoms with Crippen LogP contribution in [0.2, 0.25) is 0 Å². The third-order valence-electron chi connectivity index (χ3n) is 3.93. The maximum atomic E-state index is 12.5. The average Bonchev–Trinajstić information content (AvgIpc) is 3.09. The normalized spacial score (nSPS) is 13.7. The Hall–Kier alpha value is -1.62. The predicted molar refractivity (Wildman–Crippen MR) is 88.1 cm³/mol. The van der Waals surface area contributed by atoms with Gasteiger partial charge in [0.1, 0.15) is 0 Å². The molecule has 1 aliphatic carbocycles. The Labute approximate surface area is 128 Å². The zero-order valence-corrected chi connectivity index (χ0v) is 13.6. The van der Waals surface area contributed by atoms with Crippen molar-refractivity contribution in [3.8, 4) is 11.3 Å². The van der Waals surface area contributed by atoms with Gasteiger partial charge in [0.05, 0.1) is 11.3 Å². The molecule has 0 bridgehead atoms. The first-order valence-electron chi connectivity index (χ1n) is 7.48. The molecule has 2 aromatic heterocycles. The van der Waals surface area contributed by atoms with E-state index in [1.54, 1.807) is 15.9 Å². The molecule has 4 nitrogen and oxygen atoms in total. The van der Waals surface area contributed by atoms with E-state index in [1.807, 2.05) is 18.5 Å². The summed E-state index contributed by atoms with van der Waals surface area (Å²) >= 11 is 1.56. The van der Waals surface area contributed by atoms with Crippen LogP contribution in [0.1, 0.15) is 31.5 Å². The molecule has 0 fully saturated rings. The number of pyridine rings is 1. The minimum atomic E-state index is 0.0661. The molecule has 0 aliphatic heterocycles. The summed E-state index contributed by atoms with van der Waals surface area (Å²) < 4.78 is 1.80. The van der Waals surface area contributed by atoms with Crippen LogP contribution in [0.15, 0.2) is 16.2 Å². The van der Waals surface area contributed by atoms with Crippen molar-refractivity contribution >= 4 is 16.5 Å². The van der Waals surface area contributed by atoms with E-state index in [1.165, 1.54) is 11.3 Å². The number of aromatic nitrogens is 2. The lowest BCUT2D eigenvalue weighted by molar-refractivity contribution is 0.688. The Morgan fingerprint density at radius 1 is 1.43 bits per heavy atom. The Bertz CT molecular complexity index is 715. The van der Waals surface area contributed by atoms with E-state index in [-0.39, 0.29) is 5.56 Å². The summed E-state index contributed by atoms with van der Waals surface area (Å²) in [6, 6.07) is 2.05. The summed E-state index contributed by atoms with van der Waals surface area (Å²) in [6.07, 6.45) is 3.23. The van der Waals surface area contributed by atoms with E-state index in [9.17, 15) is 4.79 Å². The SMILES string of the molecule is CC(C)CNc1nc(-c2cc3c(n(C)c2=O)CCC3)cs1. The molecule has 0 unspecified atom stereocenters. The molecule has 1 N–H and O–H groups in total. The lowest BCUT2D eigenvalue weighted by Gasteiger charge is -2.09. The first-order valence-corrected chi connectivity index (χ1v) is 8.35. The summed E-state index contributed by atoms with van der Waals surface area (Å²) in [6.45, 7) is 5.23. The van der Waals surface area contributed by atoms with Crippen LogP contribution in [0, 0.1) is 5.92 Å². The number of nitrogens with one attached hydrogen (secondary N) is 1. The maximum Gasteiger partial charge on any atom is 0.259 e. The zero-order chi connectivity index (χ0) is 15.0. The Morgan fingerprint density at radius 3 is 3.00 bits per heavy atom. The van der Waals surface area contributed by atoms with Gasteiger partial charge in [-0.05, 0) is 36.8 Å². The van der Waals surface area contributed by atoms with Crippen molar-refractivity contribution in [2.24, 2.45) is 13.0 Å². The van der Waals surface area contributed by atoms with E-state index in [4.69, 9.17) is 0 Å². The summed E-state index contributed by atoms with van der Waals surface area (Å²) in [7, 11) is 1.88. The molecule has 0 amide bonds. The van der Waals surface area contributed by atoms with Crippen LogP contribution in [0.4, 0.5) is 5.13 Å². The van der Waals surface area contributed by atoms with Crippen LogP contribution in [-0.2, 0) is 19.9 Å². The number of rotatable bonds is 4. The highest BCUT2D eigenvalue weighted by atomic mass is 32.1. The Balaban J connectivity index is 1.94. The first kappa shape index (κ1) is 14.3. The summed E-state index contributed by atoms with van der Waals surface area (Å²) in [4.78, 5) is 17.1. The molecule has 112 valence electrons. The molecule has 2 heterocycles. The molecule has 2 aromatic rings. The molecular formula is C16H21N3OS. The van der Waals surface area contributed by atoms with Crippen molar-refractivity contribution in [3.05, 3.63) is 33.1 Å². The van der Waals surface area contributed by atoms with Crippen LogP contribution in [0.3, 0.4) is 0 Å². The largest absolute Gasteiger partial charge is 0.361 e. The fraction of sp³-hybridized carbons (Fsp3) is 0.500. The summed E-state index contributed by atoms with van der Waals surface area (Å²) in [5, 5.41) is 6.18. The molecule has 3 rings (SSSR count). The van der Waals surface area contributed by atoms with Gasteiger partial charge >= 0.3 is 0 Å². The predicted octanol–water partition coefficient (Wildman–Crippen LogP) is 3.07. The molecule has 0 atom stereocenters. The zero-order valence-electron chi connectivity index (χ0n) is 12.8. The Kier molecular flexibility index (Phi) is 3.85. The molecule has 21 heavy (non-hydrogen) atoms. The smallest absolute Gasteiger partial charge is 0.259 e. The monoisotopic (exact) mass is 303 g/mol. The molecule has 0 spiro atoms. The van der Waals surface area contributed by atoms with E-state index < -0.39 is 0 Å². The molecule has 0 aromatic carbocycles. The number of fused-ring (bicyclic) bond motifs is 1. The number of thiazole rings is 1. The fourth-order valence-corrected chi connectivity index (χ4v) is 3.50. The second-order valence-electron chi connectivity index (χ2n) is 6.06. The number of nitrogens with zero attached hydrogens (tertiary/aromatic N) is 2. The van der Waals surface area contributed by atoms with Gasteiger partial charge in [0.2, 0.25) is 0 Å². The third-order valence-corrected chi connectivity index (χ3v) is 4.73. The quantitative estimate of drug-likeness (QED) is 0.944. The van der Waals surface area contributed by atoms with Crippen molar-refractivity contribution in [2.75, 3.05) is 11.9 Å². The van der Waals surface area contributed by atoms with Crippen molar-refractivity contribution in [2.45, 2.75) is 33.1 Å². The van der Waals surface area contributed by atoms with Crippen molar-refractivity contribution < 1.29 is 0 Å². The summed E-state index contributed by atoms with van der Waals surface area (Å²) in [5.41, 5.74) is 4.08. The Morgan fingerprint density at radius 2 is 2.24 bits per heavy atom. The highest BCUT2D eigenvalue weighted by molar-refractivity contribution is 7.14. The van der Waals surface area contributed by atoms with Crippen molar-refractivity contribution in [3.63, 3.8) is 0 Å². The van der Waals surface area contributed by atoms with Gasteiger partial charge in [-0.1, -0.05) is 13.8 Å². The lowest BCUT2D eigenvalue weighted by atomic mass is 10.1. The van der Waals surface area contributed by atoms with Crippen LogP contribution in [-0.4, -0.2) is 16.1 Å². The van der Waals surface area contributed by atoms with Gasteiger partial charge in [-0.2, -0.15) is 0 Å². The van der Waals surface area contributed by atoms with Crippen LogP contribution >= 0.6 is 11.3 Å². The molecule has 0 radical (unpaired) electrons. The highest BCUT2D eigenvalue weighted by Gasteiger charge is 2.19. The molecule has 1 aliphatic rings. The molecule has 0 saturated heterocycles. The number of hydrogen-bond donors (Lipinski definition) is 1. The highest BCUT2D eigenvalue weighted by Crippen LogP contribution is 2.27. The van der Waals surface area contributed by atoms with Gasteiger partial charge in [0, 0.05) is 24.7 Å². The minimum Gasteiger partial charge on any atom is -0.361 e. The van der Waals surface area contributed by atoms with Gasteiger partial charge in [-0.3, -0.25) is 4.79 Å². The van der Waals surface area contributed by atoms with Gasteiger partial charge in [-0.15, -0.1) is 11.3 Å². The second-order valence-corrected chi connectivity index (χ2v) is 6.92. The average molecular weight is 303 g/mol. The van der Waals surface area contributed by atoms with E-state index in [0.29, 0.717) is 5.92 Å². The van der Waals surface area contributed by atoms with E-state index >= 15 is 0 Å². The maximum absolute atomic E-state index is 12.5.